The van der Waals surface area contributed by atoms with Crippen LogP contribution in [0.5, 0.6) is 0 Å². The number of hydrogen-bond donors (Lipinski definition) is 4. The van der Waals surface area contributed by atoms with Crippen molar-refractivity contribution in [2.75, 3.05) is 0 Å². The first kappa shape index (κ1) is 26.5. The van der Waals surface area contributed by atoms with Crippen molar-refractivity contribution < 1.29 is 19.1 Å². The van der Waals surface area contributed by atoms with E-state index in [1.54, 1.807) is 0 Å². The van der Waals surface area contributed by atoms with Crippen molar-refractivity contribution >= 4 is 12.2 Å². The number of nitrogens with one attached hydrogen (secondary N) is 2. The molecular formula is C22H44N4O4. The van der Waals surface area contributed by atoms with E-state index >= 15 is 0 Å². The molecule has 0 aliphatic heterocycles. The van der Waals surface area contributed by atoms with E-state index in [9.17, 15) is 9.59 Å². The molecule has 8 heteroatoms. The van der Waals surface area contributed by atoms with Gasteiger partial charge in [0.05, 0.1) is 0 Å². The molecule has 0 unspecified atom stereocenters. The van der Waals surface area contributed by atoms with Crippen LogP contribution in [-0.4, -0.2) is 47.6 Å². The topological polar surface area (TPSA) is 129 Å². The fourth-order valence-corrected chi connectivity index (χ4v) is 3.60. The van der Waals surface area contributed by atoms with E-state index in [1.807, 2.05) is 41.5 Å². The maximum Gasteiger partial charge on any atom is 0.407 e. The molecule has 0 spiro atoms. The van der Waals surface area contributed by atoms with Crippen LogP contribution in [0.3, 0.4) is 0 Å². The van der Waals surface area contributed by atoms with E-state index < -0.39 is 11.2 Å². The van der Waals surface area contributed by atoms with Crippen LogP contribution >= 0.6 is 0 Å². The van der Waals surface area contributed by atoms with Crippen LogP contribution in [0.15, 0.2) is 0 Å². The Morgan fingerprint density at radius 1 is 0.667 bits per heavy atom. The largest absolute Gasteiger partial charge is 0.444 e. The van der Waals surface area contributed by atoms with Crippen LogP contribution in [0.2, 0.25) is 0 Å². The molecule has 0 saturated heterocycles. The van der Waals surface area contributed by atoms with Gasteiger partial charge >= 0.3 is 12.2 Å². The lowest BCUT2D eigenvalue weighted by Crippen LogP contribution is -2.50. The van der Waals surface area contributed by atoms with E-state index in [4.69, 9.17) is 20.9 Å². The molecule has 8 nitrogen and oxygen atoms in total. The van der Waals surface area contributed by atoms with Crippen LogP contribution in [0, 0.1) is 0 Å². The lowest BCUT2D eigenvalue weighted by molar-refractivity contribution is 0.0474. The van der Waals surface area contributed by atoms with Gasteiger partial charge in [-0.3, -0.25) is 0 Å². The van der Waals surface area contributed by atoms with Crippen LogP contribution in [0.1, 0.15) is 92.9 Å². The summed E-state index contributed by atoms with van der Waals surface area (Å²) in [5.74, 6) is 0. The zero-order chi connectivity index (χ0) is 22.9. The Bertz CT molecular complexity index is 494. The molecule has 0 aromatic heterocycles. The molecular weight excluding hydrogens is 384 g/mol. The van der Waals surface area contributed by atoms with E-state index in [1.165, 1.54) is 0 Å². The third-order valence-corrected chi connectivity index (χ3v) is 5.04. The number of rotatable bonds is 2. The third-order valence-electron chi connectivity index (χ3n) is 5.04. The number of carbonyl (C=O) groups excluding carboxylic acids is 2. The van der Waals surface area contributed by atoms with Crippen LogP contribution in [-0.2, 0) is 9.47 Å². The lowest BCUT2D eigenvalue weighted by Gasteiger charge is -2.30. The summed E-state index contributed by atoms with van der Waals surface area (Å²) < 4.78 is 10.4. The first-order valence-corrected chi connectivity index (χ1v) is 11.3. The fraction of sp³-hybridized carbons (Fsp3) is 0.909. The molecule has 2 rings (SSSR count). The Morgan fingerprint density at radius 2 is 0.967 bits per heavy atom. The van der Waals surface area contributed by atoms with Crippen LogP contribution in [0.4, 0.5) is 9.59 Å². The molecule has 30 heavy (non-hydrogen) atoms. The Hall–Kier alpha value is -1.54. The average Bonchev–Trinajstić information content (AvgIpc) is 2.56. The molecule has 4 atom stereocenters. The number of amides is 2. The number of nitrogens with two attached hydrogens (primary N) is 2. The summed E-state index contributed by atoms with van der Waals surface area (Å²) in [7, 11) is 0. The van der Waals surface area contributed by atoms with Crippen molar-refractivity contribution in [1.29, 1.82) is 0 Å². The van der Waals surface area contributed by atoms with E-state index in [0.29, 0.717) is 0 Å². The monoisotopic (exact) mass is 428 g/mol. The van der Waals surface area contributed by atoms with Crippen LogP contribution in [0.25, 0.3) is 0 Å². The molecule has 176 valence electrons. The van der Waals surface area contributed by atoms with E-state index in [0.717, 1.165) is 51.4 Å². The number of carbonyl (C=O) groups is 2. The van der Waals surface area contributed by atoms with E-state index in [2.05, 4.69) is 10.6 Å². The summed E-state index contributed by atoms with van der Waals surface area (Å²) in [6, 6.07) is 0.305. The van der Waals surface area contributed by atoms with Crippen molar-refractivity contribution in [3.8, 4) is 0 Å². The van der Waals surface area contributed by atoms with Gasteiger partial charge in [-0.15, -0.1) is 0 Å². The van der Waals surface area contributed by atoms with Gasteiger partial charge in [0.1, 0.15) is 11.2 Å². The molecule has 6 N–H and O–H groups in total. The minimum atomic E-state index is -0.442. The molecule has 0 aromatic carbocycles. The SMILES string of the molecule is CC(C)(C)OC(=O)N[C@@H]1CCCC[C@H]1N.CC(C)(C)OC(=O)N[C@H]1CCCC[C@@H]1N. The minimum Gasteiger partial charge on any atom is -0.444 e. The van der Waals surface area contributed by atoms with Crippen molar-refractivity contribution in [3.05, 3.63) is 0 Å². The van der Waals surface area contributed by atoms with Crippen molar-refractivity contribution in [3.63, 3.8) is 0 Å². The highest BCUT2D eigenvalue weighted by Crippen LogP contribution is 2.18. The Morgan fingerprint density at radius 3 is 1.23 bits per heavy atom. The minimum absolute atomic E-state index is 0.0752. The molecule has 0 radical (unpaired) electrons. The van der Waals surface area contributed by atoms with Gasteiger partial charge in [-0.1, -0.05) is 25.7 Å². The highest BCUT2D eigenvalue weighted by molar-refractivity contribution is 5.68. The molecule has 0 bridgehead atoms. The van der Waals surface area contributed by atoms with Crippen molar-refractivity contribution in [2.24, 2.45) is 11.5 Å². The third kappa shape index (κ3) is 11.6. The predicted octanol–water partition coefficient (Wildman–Crippen LogP) is 3.56. The van der Waals surface area contributed by atoms with Gasteiger partial charge in [-0.25, -0.2) is 9.59 Å². The highest BCUT2D eigenvalue weighted by atomic mass is 16.6. The smallest absolute Gasteiger partial charge is 0.407 e. The van der Waals surface area contributed by atoms with Gasteiger partial charge in [0.25, 0.3) is 0 Å². The maximum absolute atomic E-state index is 11.5. The Kier molecular flexibility index (Phi) is 10.4. The fourth-order valence-electron chi connectivity index (χ4n) is 3.60. The van der Waals surface area contributed by atoms with Gasteiger partial charge in [0.15, 0.2) is 0 Å². The molecule has 2 aliphatic rings. The second-order valence-electron chi connectivity index (χ2n) is 10.4. The summed E-state index contributed by atoms with van der Waals surface area (Å²) in [6.45, 7) is 11.1. The summed E-state index contributed by atoms with van der Waals surface area (Å²) >= 11 is 0. The predicted molar refractivity (Wildman–Crippen MR) is 119 cm³/mol. The zero-order valence-corrected chi connectivity index (χ0v) is 19.8. The second-order valence-corrected chi connectivity index (χ2v) is 10.4. The maximum atomic E-state index is 11.5. The van der Waals surface area contributed by atoms with Crippen LogP contribution < -0.4 is 22.1 Å². The molecule has 2 fully saturated rings. The first-order valence-electron chi connectivity index (χ1n) is 11.3. The van der Waals surface area contributed by atoms with Gasteiger partial charge in [0, 0.05) is 24.2 Å². The molecule has 2 saturated carbocycles. The van der Waals surface area contributed by atoms with Crippen molar-refractivity contribution in [2.45, 2.75) is 128 Å². The molecule has 0 heterocycles. The van der Waals surface area contributed by atoms with Gasteiger partial charge in [-0.05, 0) is 67.2 Å². The quantitative estimate of drug-likeness (QED) is 0.532. The lowest BCUT2D eigenvalue weighted by atomic mass is 9.91. The first-order chi connectivity index (χ1) is 13.8. The zero-order valence-electron chi connectivity index (χ0n) is 19.8. The number of hydrogen-bond acceptors (Lipinski definition) is 6. The summed E-state index contributed by atoms with van der Waals surface area (Å²) in [5, 5.41) is 5.68. The summed E-state index contributed by atoms with van der Waals surface area (Å²) in [6.07, 6.45) is 7.76. The van der Waals surface area contributed by atoms with E-state index in [-0.39, 0.29) is 36.4 Å². The second kappa shape index (κ2) is 11.7. The number of ether oxygens (including phenoxy) is 2. The molecule has 2 aliphatic carbocycles. The standard InChI is InChI=1S/2C11H22N2O2/c2*1-11(2,3)15-10(14)13-9-7-5-4-6-8(9)12/h2*8-9H,4-7,12H2,1-3H3,(H,13,14)/t2*8-,9-/m10/s1. The van der Waals surface area contributed by atoms with Crippen molar-refractivity contribution in [1.82, 2.24) is 10.6 Å². The number of alkyl carbamates (subject to hydrolysis) is 2. The summed E-state index contributed by atoms with van der Waals surface area (Å²) in [5.41, 5.74) is 11.0. The molecule has 2 amide bonds. The average molecular weight is 429 g/mol. The Balaban J connectivity index is 0.000000300. The normalized spacial score (nSPS) is 27.2. The highest BCUT2D eigenvalue weighted by Gasteiger charge is 2.26. The van der Waals surface area contributed by atoms with Gasteiger partial charge in [0.2, 0.25) is 0 Å². The Labute approximate surface area is 182 Å². The molecule has 0 aromatic rings. The summed E-state index contributed by atoms with van der Waals surface area (Å²) in [4.78, 5) is 23.0. The van der Waals surface area contributed by atoms with Gasteiger partial charge in [-0.2, -0.15) is 0 Å². The van der Waals surface area contributed by atoms with Gasteiger partial charge < -0.3 is 31.6 Å².